The monoisotopic (exact) mass is 253 g/mol. The second kappa shape index (κ2) is 4.29. The first-order valence-electron chi connectivity index (χ1n) is 5.38. The van der Waals surface area contributed by atoms with Crippen LogP contribution in [0.25, 0.3) is 0 Å². The molecule has 1 atom stereocenters. The number of aliphatic carboxylic acids is 1. The number of halogens is 1. The van der Waals surface area contributed by atoms with Crippen molar-refractivity contribution in [2.75, 3.05) is 11.4 Å². The maximum atomic E-state index is 13.6. The second-order valence-corrected chi connectivity index (χ2v) is 4.43. The molecule has 0 saturated carbocycles. The Morgan fingerprint density at radius 2 is 2.22 bits per heavy atom. The molecule has 2 rings (SSSR count). The van der Waals surface area contributed by atoms with Gasteiger partial charge in [0.05, 0.1) is 18.7 Å². The van der Waals surface area contributed by atoms with E-state index in [1.54, 1.807) is 6.07 Å². The molecular weight excluding hydrogens is 241 g/mol. The second-order valence-electron chi connectivity index (χ2n) is 4.43. The fourth-order valence-electron chi connectivity index (χ4n) is 1.96. The van der Waals surface area contributed by atoms with Gasteiger partial charge in [-0.15, -0.1) is 0 Å². The summed E-state index contributed by atoms with van der Waals surface area (Å²) in [6, 6.07) is 5.79. The molecule has 1 heterocycles. The lowest BCUT2D eigenvalue weighted by Gasteiger charge is -2.19. The highest BCUT2D eigenvalue weighted by atomic mass is 19.1. The number of para-hydroxylation sites is 1. The fourth-order valence-corrected chi connectivity index (χ4v) is 1.96. The molecule has 1 unspecified atom stereocenters. The Balaban J connectivity index is 2.25. The van der Waals surface area contributed by atoms with Crippen LogP contribution in [0.5, 0.6) is 0 Å². The maximum absolute atomic E-state index is 13.6. The third kappa shape index (κ3) is 2.27. The summed E-state index contributed by atoms with van der Waals surface area (Å²) in [6.45, 7) is 1.53. The van der Waals surface area contributed by atoms with Crippen LogP contribution in [0.2, 0.25) is 0 Å². The van der Waals surface area contributed by atoms with Gasteiger partial charge >= 0.3 is 12.1 Å². The standard InChI is InChI=1S/C12H12FNO4/c1-12(6-10(15)16)7-14(11(17)18-12)9-5-3-2-4-8(9)13/h2-5H,6-7H2,1H3,(H,15,16). The molecule has 0 spiro atoms. The van der Waals surface area contributed by atoms with Crippen molar-refractivity contribution >= 4 is 17.7 Å². The molecule has 1 fully saturated rings. The Bertz CT molecular complexity index is 505. The van der Waals surface area contributed by atoms with Gasteiger partial charge in [0.25, 0.3) is 0 Å². The van der Waals surface area contributed by atoms with Crippen LogP contribution in [0, 0.1) is 5.82 Å². The summed E-state index contributed by atoms with van der Waals surface area (Å²) in [5.74, 6) is -1.62. The maximum Gasteiger partial charge on any atom is 0.415 e. The lowest BCUT2D eigenvalue weighted by atomic mass is 10.0. The molecule has 5 nitrogen and oxygen atoms in total. The van der Waals surface area contributed by atoms with E-state index < -0.39 is 23.5 Å². The summed E-state index contributed by atoms with van der Waals surface area (Å²) in [5.41, 5.74) is -1.04. The summed E-state index contributed by atoms with van der Waals surface area (Å²) >= 11 is 0. The number of benzene rings is 1. The molecule has 1 aromatic carbocycles. The molecule has 0 radical (unpaired) electrons. The fraction of sp³-hybridized carbons (Fsp3) is 0.333. The number of rotatable bonds is 3. The lowest BCUT2D eigenvalue weighted by Crippen LogP contribution is -2.34. The van der Waals surface area contributed by atoms with Gasteiger partial charge < -0.3 is 9.84 Å². The van der Waals surface area contributed by atoms with E-state index in [2.05, 4.69) is 0 Å². The Morgan fingerprint density at radius 3 is 2.83 bits per heavy atom. The number of carboxylic acids is 1. The number of ether oxygens (including phenoxy) is 1. The van der Waals surface area contributed by atoms with Gasteiger partial charge in [0.15, 0.2) is 0 Å². The quantitative estimate of drug-likeness (QED) is 0.894. The van der Waals surface area contributed by atoms with E-state index in [1.807, 2.05) is 0 Å². The number of carbonyl (C=O) groups excluding carboxylic acids is 1. The number of amides is 1. The number of anilines is 1. The van der Waals surface area contributed by atoms with Crippen LogP contribution in [0.15, 0.2) is 24.3 Å². The highest BCUT2D eigenvalue weighted by Gasteiger charge is 2.44. The van der Waals surface area contributed by atoms with Crippen LogP contribution >= 0.6 is 0 Å². The number of carboxylic acid groups (broad SMARTS) is 1. The highest BCUT2D eigenvalue weighted by Crippen LogP contribution is 2.31. The van der Waals surface area contributed by atoms with Gasteiger partial charge in [-0.05, 0) is 19.1 Å². The van der Waals surface area contributed by atoms with Gasteiger partial charge in [0, 0.05) is 0 Å². The number of carbonyl (C=O) groups is 2. The summed E-state index contributed by atoms with van der Waals surface area (Å²) in [7, 11) is 0. The van der Waals surface area contributed by atoms with Crippen molar-refractivity contribution in [3.63, 3.8) is 0 Å². The number of hydrogen-bond donors (Lipinski definition) is 1. The normalized spacial score (nSPS) is 23.0. The molecular formula is C12H12FNO4. The number of cyclic esters (lactones) is 1. The molecule has 1 aromatic rings. The van der Waals surface area contributed by atoms with Crippen LogP contribution in [0.1, 0.15) is 13.3 Å². The predicted octanol–water partition coefficient (Wildman–Crippen LogP) is 2.02. The van der Waals surface area contributed by atoms with E-state index in [4.69, 9.17) is 9.84 Å². The average molecular weight is 253 g/mol. The average Bonchev–Trinajstić information content (AvgIpc) is 2.53. The molecule has 0 aliphatic carbocycles. The summed E-state index contributed by atoms with van der Waals surface area (Å²) in [4.78, 5) is 23.5. The minimum absolute atomic E-state index is 0.0130. The summed E-state index contributed by atoms with van der Waals surface area (Å²) < 4.78 is 18.6. The van der Waals surface area contributed by atoms with E-state index >= 15 is 0 Å². The largest absolute Gasteiger partial charge is 0.481 e. The minimum atomic E-state index is -1.13. The van der Waals surface area contributed by atoms with Gasteiger partial charge in [0.2, 0.25) is 0 Å². The highest BCUT2D eigenvalue weighted by molar-refractivity contribution is 5.91. The van der Waals surface area contributed by atoms with Gasteiger partial charge in [-0.3, -0.25) is 9.69 Å². The van der Waals surface area contributed by atoms with Crippen molar-refractivity contribution in [1.29, 1.82) is 0 Å². The van der Waals surface area contributed by atoms with Crippen molar-refractivity contribution < 1.29 is 23.8 Å². The van der Waals surface area contributed by atoms with E-state index in [-0.39, 0.29) is 18.7 Å². The van der Waals surface area contributed by atoms with Crippen molar-refractivity contribution in [2.45, 2.75) is 18.9 Å². The minimum Gasteiger partial charge on any atom is -0.481 e. The first-order valence-corrected chi connectivity index (χ1v) is 5.38. The molecule has 18 heavy (non-hydrogen) atoms. The molecule has 96 valence electrons. The van der Waals surface area contributed by atoms with Crippen LogP contribution in [-0.2, 0) is 9.53 Å². The van der Waals surface area contributed by atoms with Crippen LogP contribution < -0.4 is 4.90 Å². The summed E-state index contributed by atoms with van der Waals surface area (Å²) in [5, 5.41) is 8.75. The molecule has 1 saturated heterocycles. The molecule has 6 heteroatoms. The molecule has 1 aliphatic heterocycles. The smallest absolute Gasteiger partial charge is 0.415 e. The van der Waals surface area contributed by atoms with Gasteiger partial charge in [-0.2, -0.15) is 0 Å². The number of nitrogens with zero attached hydrogens (tertiary/aromatic N) is 1. The van der Waals surface area contributed by atoms with E-state index in [1.165, 1.54) is 25.1 Å². The van der Waals surface area contributed by atoms with Crippen LogP contribution in [-0.4, -0.2) is 29.3 Å². The number of hydrogen-bond acceptors (Lipinski definition) is 3. The van der Waals surface area contributed by atoms with Crippen molar-refractivity contribution in [3.05, 3.63) is 30.1 Å². The molecule has 1 aliphatic rings. The first-order chi connectivity index (χ1) is 8.41. The Labute approximate surface area is 103 Å². The van der Waals surface area contributed by atoms with Crippen LogP contribution in [0.4, 0.5) is 14.9 Å². The Morgan fingerprint density at radius 1 is 1.56 bits per heavy atom. The Kier molecular flexibility index (Phi) is 2.94. The molecule has 0 aromatic heterocycles. The zero-order valence-electron chi connectivity index (χ0n) is 9.72. The van der Waals surface area contributed by atoms with Crippen molar-refractivity contribution in [3.8, 4) is 0 Å². The molecule has 1 amide bonds. The lowest BCUT2D eigenvalue weighted by molar-refractivity contribution is -0.140. The van der Waals surface area contributed by atoms with Crippen LogP contribution in [0.3, 0.4) is 0 Å². The van der Waals surface area contributed by atoms with Gasteiger partial charge in [-0.25, -0.2) is 9.18 Å². The molecule has 1 N–H and O–H groups in total. The van der Waals surface area contributed by atoms with Crippen molar-refractivity contribution in [2.24, 2.45) is 0 Å². The topological polar surface area (TPSA) is 66.8 Å². The van der Waals surface area contributed by atoms with E-state index in [0.717, 1.165) is 4.90 Å². The van der Waals surface area contributed by atoms with Crippen molar-refractivity contribution in [1.82, 2.24) is 0 Å². The first kappa shape index (κ1) is 12.3. The zero-order chi connectivity index (χ0) is 13.3. The van der Waals surface area contributed by atoms with Gasteiger partial charge in [0.1, 0.15) is 11.4 Å². The molecule has 0 bridgehead atoms. The predicted molar refractivity (Wildman–Crippen MR) is 60.9 cm³/mol. The van der Waals surface area contributed by atoms with E-state index in [9.17, 15) is 14.0 Å². The third-order valence-electron chi connectivity index (χ3n) is 2.72. The van der Waals surface area contributed by atoms with Gasteiger partial charge in [-0.1, -0.05) is 12.1 Å². The summed E-state index contributed by atoms with van der Waals surface area (Å²) in [6.07, 6.45) is -1.05. The SMILES string of the molecule is CC1(CC(=O)O)CN(c2ccccc2F)C(=O)O1. The Hall–Kier alpha value is -2.11. The van der Waals surface area contributed by atoms with E-state index in [0.29, 0.717) is 0 Å². The zero-order valence-corrected chi connectivity index (χ0v) is 9.72. The third-order valence-corrected chi connectivity index (χ3v) is 2.72.